The van der Waals surface area contributed by atoms with Crippen molar-refractivity contribution in [1.29, 1.82) is 0 Å². The molecule has 0 aliphatic rings. The van der Waals surface area contributed by atoms with Crippen molar-refractivity contribution in [3.8, 4) is 0 Å². The van der Waals surface area contributed by atoms with Crippen molar-refractivity contribution < 1.29 is 9.90 Å². The van der Waals surface area contributed by atoms with Gasteiger partial charge >= 0.3 is 5.97 Å². The molecule has 1 unspecified atom stereocenters. The molecule has 0 aliphatic heterocycles. The molecule has 0 fully saturated rings. The van der Waals surface area contributed by atoms with Gasteiger partial charge in [0.25, 0.3) is 0 Å². The number of rotatable bonds is 3. The van der Waals surface area contributed by atoms with Crippen LogP contribution in [-0.4, -0.2) is 26.1 Å². The van der Waals surface area contributed by atoms with Crippen LogP contribution in [0.15, 0.2) is 6.20 Å². The third kappa shape index (κ3) is 1.61. The van der Waals surface area contributed by atoms with E-state index in [9.17, 15) is 4.79 Å². The zero-order chi connectivity index (χ0) is 9.14. The maximum atomic E-state index is 10.4. The van der Waals surface area contributed by atoms with Gasteiger partial charge < -0.3 is 5.11 Å². The van der Waals surface area contributed by atoms with Gasteiger partial charge in [-0.15, -0.1) is 5.10 Å². The summed E-state index contributed by atoms with van der Waals surface area (Å²) < 4.78 is 1.56. The van der Waals surface area contributed by atoms with Gasteiger partial charge in [-0.3, -0.25) is 0 Å². The lowest BCUT2D eigenvalue weighted by molar-refractivity contribution is 0.0690. The summed E-state index contributed by atoms with van der Waals surface area (Å²) in [7, 11) is 0. The van der Waals surface area contributed by atoms with Crippen molar-refractivity contribution in [1.82, 2.24) is 15.0 Å². The smallest absolute Gasteiger partial charge is 0.358 e. The summed E-state index contributed by atoms with van der Waals surface area (Å²) in [5.41, 5.74) is -0.00435. The molecule has 12 heavy (non-hydrogen) atoms. The molecule has 1 aromatic heterocycles. The molecule has 1 aromatic rings. The Morgan fingerprint density at radius 2 is 2.50 bits per heavy atom. The summed E-state index contributed by atoms with van der Waals surface area (Å²) in [5.74, 6) is -1.04. The minimum atomic E-state index is -1.04. The number of carbonyl (C=O) groups is 1. The van der Waals surface area contributed by atoms with Crippen LogP contribution in [0.25, 0.3) is 0 Å². The molecule has 1 rings (SSSR count). The van der Waals surface area contributed by atoms with Crippen LogP contribution in [0.3, 0.4) is 0 Å². The molecule has 5 nitrogen and oxygen atoms in total. The maximum Gasteiger partial charge on any atom is 0.358 e. The second kappa shape index (κ2) is 3.34. The molecule has 5 heteroatoms. The summed E-state index contributed by atoms with van der Waals surface area (Å²) in [6, 6.07) is 0.200. The summed E-state index contributed by atoms with van der Waals surface area (Å²) in [6.45, 7) is 3.97. The second-order valence-electron chi connectivity index (χ2n) is 2.65. The van der Waals surface area contributed by atoms with Gasteiger partial charge in [-0.2, -0.15) is 0 Å². The third-order valence-electron chi connectivity index (χ3n) is 1.77. The van der Waals surface area contributed by atoms with Crippen LogP contribution in [0.4, 0.5) is 0 Å². The van der Waals surface area contributed by atoms with Crippen LogP contribution in [-0.2, 0) is 0 Å². The van der Waals surface area contributed by atoms with Crippen molar-refractivity contribution in [2.45, 2.75) is 26.3 Å². The van der Waals surface area contributed by atoms with Gasteiger partial charge in [0, 0.05) is 0 Å². The minimum absolute atomic E-state index is 0.00435. The molecule has 0 aromatic carbocycles. The zero-order valence-electron chi connectivity index (χ0n) is 7.06. The molecule has 1 N–H and O–H groups in total. The average molecular weight is 169 g/mol. The predicted molar refractivity (Wildman–Crippen MR) is 42.0 cm³/mol. The van der Waals surface area contributed by atoms with Gasteiger partial charge in [0.15, 0.2) is 5.69 Å². The fourth-order valence-electron chi connectivity index (χ4n) is 0.777. The Balaban J connectivity index is 2.84. The molecular weight excluding hydrogens is 158 g/mol. The highest BCUT2D eigenvalue weighted by Gasteiger charge is 2.10. The van der Waals surface area contributed by atoms with Crippen molar-refractivity contribution in [2.75, 3.05) is 0 Å². The molecular formula is C7H11N3O2. The third-order valence-corrected chi connectivity index (χ3v) is 1.77. The van der Waals surface area contributed by atoms with Crippen LogP contribution in [0.2, 0.25) is 0 Å². The predicted octanol–water partition coefficient (Wildman–Crippen LogP) is 0.947. The Kier molecular flexibility index (Phi) is 2.42. The van der Waals surface area contributed by atoms with E-state index < -0.39 is 5.97 Å². The highest BCUT2D eigenvalue weighted by Crippen LogP contribution is 2.07. The summed E-state index contributed by atoms with van der Waals surface area (Å²) in [4.78, 5) is 10.4. The van der Waals surface area contributed by atoms with E-state index in [1.807, 2.05) is 13.8 Å². The molecule has 66 valence electrons. The minimum Gasteiger partial charge on any atom is -0.476 e. The van der Waals surface area contributed by atoms with Gasteiger partial charge in [-0.1, -0.05) is 12.1 Å². The van der Waals surface area contributed by atoms with E-state index in [1.165, 1.54) is 6.20 Å². The highest BCUT2D eigenvalue weighted by atomic mass is 16.4. The van der Waals surface area contributed by atoms with E-state index in [1.54, 1.807) is 4.68 Å². The van der Waals surface area contributed by atoms with E-state index in [2.05, 4.69) is 10.3 Å². The first-order valence-electron chi connectivity index (χ1n) is 3.80. The number of carboxylic acid groups (broad SMARTS) is 1. The maximum absolute atomic E-state index is 10.4. The number of hydrogen-bond acceptors (Lipinski definition) is 3. The number of aromatic carboxylic acids is 1. The van der Waals surface area contributed by atoms with E-state index >= 15 is 0 Å². The van der Waals surface area contributed by atoms with Crippen LogP contribution in [0.1, 0.15) is 36.8 Å². The molecule has 0 saturated heterocycles. The largest absolute Gasteiger partial charge is 0.476 e. The topological polar surface area (TPSA) is 68.0 Å². The van der Waals surface area contributed by atoms with E-state index in [4.69, 9.17) is 5.11 Å². The second-order valence-corrected chi connectivity index (χ2v) is 2.65. The van der Waals surface area contributed by atoms with Crippen molar-refractivity contribution >= 4 is 5.97 Å². The van der Waals surface area contributed by atoms with Gasteiger partial charge in [-0.05, 0) is 13.3 Å². The molecule has 0 spiro atoms. The molecule has 0 bridgehead atoms. The fourth-order valence-corrected chi connectivity index (χ4v) is 0.777. The van der Waals surface area contributed by atoms with Crippen LogP contribution in [0, 0.1) is 0 Å². The first kappa shape index (κ1) is 8.70. The number of aromatic nitrogens is 3. The van der Waals surface area contributed by atoms with E-state index in [0.29, 0.717) is 0 Å². The lowest BCUT2D eigenvalue weighted by Crippen LogP contribution is -2.04. The van der Waals surface area contributed by atoms with Crippen LogP contribution >= 0.6 is 0 Å². The summed E-state index contributed by atoms with van der Waals surface area (Å²) in [6.07, 6.45) is 2.35. The molecule has 0 saturated carbocycles. The van der Waals surface area contributed by atoms with Gasteiger partial charge in [0.1, 0.15) is 0 Å². The molecule has 0 amide bonds. The SMILES string of the molecule is CCC(C)n1cc(C(=O)O)nn1. The quantitative estimate of drug-likeness (QED) is 0.731. The summed E-state index contributed by atoms with van der Waals surface area (Å²) >= 11 is 0. The monoisotopic (exact) mass is 169 g/mol. The molecule has 1 atom stereocenters. The molecule has 1 heterocycles. The Morgan fingerprint density at radius 1 is 1.83 bits per heavy atom. The van der Waals surface area contributed by atoms with Gasteiger partial charge in [0.05, 0.1) is 12.2 Å². The van der Waals surface area contributed by atoms with Crippen molar-refractivity contribution in [3.05, 3.63) is 11.9 Å². The van der Waals surface area contributed by atoms with Crippen LogP contribution < -0.4 is 0 Å². The Hall–Kier alpha value is -1.39. The van der Waals surface area contributed by atoms with Gasteiger partial charge in [0.2, 0.25) is 0 Å². The Bertz CT molecular complexity index is 282. The highest BCUT2D eigenvalue weighted by molar-refractivity contribution is 5.84. The molecule has 0 aliphatic carbocycles. The van der Waals surface area contributed by atoms with Crippen molar-refractivity contribution in [3.63, 3.8) is 0 Å². The zero-order valence-corrected chi connectivity index (χ0v) is 7.06. The number of nitrogens with zero attached hydrogens (tertiary/aromatic N) is 3. The summed E-state index contributed by atoms with van der Waals surface area (Å²) in [5, 5.41) is 15.7. The normalized spacial score (nSPS) is 12.8. The standard InChI is InChI=1S/C7H11N3O2/c1-3-5(2)10-4-6(7(11)12)8-9-10/h4-5H,3H2,1-2H3,(H,11,12). The first-order valence-corrected chi connectivity index (χ1v) is 3.80. The van der Waals surface area contributed by atoms with E-state index in [0.717, 1.165) is 6.42 Å². The van der Waals surface area contributed by atoms with Gasteiger partial charge in [-0.25, -0.2) is 9.48 Å². The lowest BCUT2D eigenvalue weighted by atomic mass is 10.3. The van der Waals surface area contributed by atoms with Crippen LogP contribution in [0.5, 0.6) is 0 Å². The molecule has 0 radical (unpaired) electrons. The first-order chi connectivity index (χ1) is 5.65. The Morgan fingerprint density at radius 3 is 2.92 bits per heavy atom. The fraction of sp³-hybridized carbons (Fsp3) is 0.571. The Labute approximate surface area is 70.0 Å². The number of hydrogen-bond donors (Lipinski definition) is 1. The number of carboxylic acids is 1. The lowest BCUT2D eigenvalue weighted by Gasteiger charge is -2.05. The van der Waals surface area contributed by atoms with E-state index in [-0.39, 0.29) is 11.7 Å². The van der Waals surface area contributed by atoms with Crippen molar-refractivity contribution in [2.24, 2.45) is 0 Å². The average Bonchev–Trinajstić information content (AvgIpc) is 2.51.